The van der Waals surface area contributed by atoms with Crippen molar-refractivity contribution in [2.45, 2.75) is 23.8 Å². The number of hydrogen-bond acceptors (Lipinski definition) is 7. The number of ether oxygens (including phenoxy) is 1. The van der Waals surface area contributed by atoms with Crippen LogP contribution >= 0.6 is 11.5 Å². The molecule has 1 aromatic heterocycles. The number of aromatic nitrogens is 1. The standard InChI is InChI=1S/C11H20N4O3S2/c1-14(2)20(16,17)9-10(12)13-19-11(9)15-6-4-8(18-3)5-7-15/h8H,4-7H2,1-3H3,(H2,12,13). The highest BCUT2D eigenvalue weighted by atomic mass is 32.2. The zero-order valence-electron chi connectivity index (χ0n) is 11.9. The fourth-order valence-electron chi connectivity index (χ4n) is 2.21. The highest BCUT2D eigenvalue weighted by Gasteiger charge is 2.31. The number of sulfonamides is 1. The lowest BCUT2D eigenvalue weighted by atomic mass is 10.1. The average Bonchev–Trinajstić information content (AvgIpc) is 2.81. The highest BCUT2D eigenvalue weighted by Crippen LogP contribution is 2.37. The van der Waals surface area contributed by atoms with E-state index in [2.05, 4.69) is 4.37 Å². The SMILES string of the molecule is COC1CCN(c2snc(N)c2S(=O)(=O)N(C)C)CC1. The molecule has 114 valence electrons. The second kappa shape index (κ2) is 5.84. The molecule has 1 aliphatic rings. The summed E-state index contributed by atoms with van der Waals surface area (Å²) in [5.41, 5.74) is 5.77. The second-order valence-electron chi connectivity index (χ2n) is 4.91. The van der Waals surface area contributed by atoms with E-state index in [0.717, 1.165) is 37.5 Å². The molecule has 1 saturated heterocycles. The first-order valence-corrected chi connectivity index (χ1v) is 8.54. The summed E-state index contributed by atoms with van der Waals surface area (Å²) in [5, 5.41) is 0.630. The van der Waals surface area contributed by atoms with Gasteiger partial charge in [-0.2, -0.15) is 4.37 Å². The summed E-state index contributed by atoms with van der Waals surface area (Å²) >= 11 is 1.14. The summed E-state index contributed by atoms with van der Waals surface area (Å²) in [6, 6.07) is 0. The van der Waals surface area contributed by atoms with E-state index in [1.165, 1.54) is 18.4 Å². The highest BCUT2D eigenvalue weighted by molar-refractivity contribution is 7.89. The van der Waals surface area contributed by atoms with Crippen LogP contribution < -0.4 is 10.6 Å². The third-order valence-corrected chi connectivity index (χ3v) is 6.39. The minimum absolute atomic E-state index is 0.0764. The molecule has 0 unspecified atom stereocenters. The number of nitrogen functional groups attached to an aromatic ring is 1. The quantitative estimate of drug-likeness (QED) is 0.873. The summed E-state index contributed by atoms with van der Waals surface area (Å²) in [4.78, 5) is 2.16. The average molecular weight is 320 g/mol. The number of methoxy groups -OCH3 is 1. The van der Waals surface area contributed by atoms with E-state index in [1.807, 2.05) is 4.90 Å². The Kier molecular flexibility index (Phi) is 4.52. The van der Waals surface area contributed by atoms with Crippen LogP contribution in [0, 0.1) is 0 Å². The van der Waals surface area contributed by atoms with Gasteiger partial charge in [-0.3, -0.25) is 0 Å². The maximum absolute atomic E-state index is 12.4. The van der Waals surface area contributed by atoms with Crippen molar-refractivity contribution in [1.82, 2.24) is 8.68 Å². The number of anilines is 2. The Bertz CT molecular complexity index is 562. The van der Waals surface area contributed by atoms with Gasteiger partial charge in [0.25, 0.3) is 0 Å². The molecule has 20 heavy (non-hydrogen) atoms. The number of rotatable bonds is 4. The molecule has 0 amide bonds. The predicted octanol–water partition coefficient (Wildman–Crippen LogP) is 0.591. The summed E-state index contributed by atoms with van der Waals surface area (Å²) < 4.78 is 35.2. The third kappa shape index (κ3) is 2.76. The maximum atomic E-state index is 12.4. The van der Waals surface area contributed by atoms with Gasteiger partial charge in [-0.05, 0) is 24.4 Å². The van der Waals surface area contributed by atoms with Gasteiger partial charge in [-0.15, -0.1) is 0 Å². The predicted molar refractivity (Wildman–Crippen MR) is 79.6 cm³/mol. The number of nitrogens with two attached hydrogens (primary N) is 1. The molecule has 0 aromatic carbocycles. The van der Waals surface area contributed by atoms with Crippen LogP contribution in [0.15, 0.2) is 4.90 Å². The number of piperidine rings is 1. The van der Waals surface area contributed by atoms with Gasteiger partial charge >= 0.3 is 0 Å². The monoisotopic (exact) mass is 320 g/mol. The van der Waals surface area contributed by atoms with E-state index in [9.17, 15) is 8.42 Å². The molecule has 7 nitrogen and oxygen atoms in total. The van der Waals surface area contributed by atoms with Crippen LogP contribution in [0.5, 0.6) is 0 Å². The summed E-state index contributed by atoms with van der Waals surface area (Å²) in [6.45, 7) is 1.49. The van der Waals surface area contributed by atoms with Crippen LogP contribution in [0.3, 0.4) is 0 Å². The van der Waals surface area contributed by atoms with Gasteiger partial charge in [0, 0.05) is 34.3 Å². The van der Waals surface area contributed by atoms with E-state index in [-0.39, 0.29) is 16.8 Å². The van der Waals surface area contributed by atoms with Crippen LogP contribution in [-0.4, -0.2) is 57.5 Å². The molecule has 0 radical (unpaired) electrons. The first-order valence-electron chi connectivity index (χ1n) is 6.33. The molecule has 2 rings (SSSR count). The number of hydrogen-bond donors (Lipinski definition) is 1. The zero-order chi connectivity index (χ0) is 14.9. The van der Waals surface area contributed by atoms with Gasteiger partial charge in [0.05, 0.1) is 6.10 Å². The van der Waals surface area contributed by atoms with E-state index in [4.69, 9.17) is 10.5 Å². The topological polar surface area (TPSA) is 88.8 Å². The van der Waals surface area contributed by atoms with Crippen molar-refractivity contribution in [2.24, 2.45) is 0 Å². The van der Waals surface area contributed by atoms with Crippen LogP contribution in [0.25, 0.3) is 0 Å². The molecule has 9 heteroatoms. The van der Waals surface area contributed by atoms with E-state index in [1.54, 1.807) is 7.11 Å². The van der Waals surface area contributed by atoms with E-state index < -0.39 is 10.0 Å². The van der Waals surface area contributed by atoms with Gasteiger partial charge in [-0.1, -0.05) is 0 Å². The summed E-state index contributed by atoms with van der Waals surface area (Å²) in [5.74, 6) is 0.0764. The van der Waals surface area contributed by atoms with Gasteiger partial charge < -0.3 is 15.4 Å². The Balaban J connectivity index is 2.31. The van der Waals surface area contributed by atoms with Crippen molar-refractivity contribution in [3.63, 3.8) is 0 Å². The van der Waals surface area contributed by atoms with Crippen molar-refractivity contribution in [3.8, 4) is 0 Å². The minimum atomic E-state index is -3.58. The van der Waals surface area contributed by atoms with E-state index in [0.29, 0.717) is 5.00 Å². The first kappa shape index (κ1) is 15.5. The van der Waals surface area contributed by atoms with Crippen LogP contribution in [0.1, 0.15) is 12.8 Å². The molecule has 1 aromatic rings. The molecule has 1 fully saturated rings. The fourth-order valence-corrected chi connectivity index (χ4v) is 4.48. The van der Waals surface area contributed by atoms with Crippen molar-refractivity contribution in [1.29, 1.82) is 0 Å². The smallest absolute Gasteiger partial charge is 0.249 e. The van der Waals surface area contributed by atoms with Gasteiger partial charge in [0.2, 0.25) is 10.0 Å². The molecule has 0 spiro atoms. The Labute approximate surface area is 123 Å². The van der Waals surface area contributed by atoms with Crippen LogP contribution in [-0.2, 0) is 14.8 Å². The minimum Gasteiger partial charge on any atom is -0.382 e. The van der Waals surface area contributed by atoms with Gasteiger partial charge in [0.1, 0.15) is 5.00 Å². The fraction of sp³-hybridized carbons (Fsp3) is 0.727. The lowest BCUT2D eigenvalue weighted by Gasteiger charge is -2.32. The van der Waals surface area contributed by atoms with Crippen molar-refractivity contribution in [2.75, 3.05) is 44.9 Å². The first-order chi connectivity index (χ1) is 9.37. The second-order valence-corrected chi connectivity index (χ2v) is 7.75. The van der Waals surface area contributed by atoms with Crippen molar-refractivity contribution in [3.05, 3.63) is 0 Å². The molecule has 0 saturated carbocycles. The molecule has 0 atom stereocenters. The van der Waals surface area contributed by atoms with Gasteiger partial charge in [-0.25, -0.2) is 12.7 Å². The van der Waals surface area contributed by atoms with Crippen molar-refractivity contribution < 1.29 is 13.2 Å². The summed E-state index contributed by atoms with van der Waals surface area (Å²) in [7, 11) is 1.11. The molecule has 0 aliphatic carbocycles. The number of nitrogens with zero attached hydrogens (tertiary/aromatic N) is 3. The van der Waals surface area contributed by atoms with E-state index >= 15 is 0 Å². The molecule has 0 bridgehead atoms. The maximum Gasteiger partial charge on any atom is 0.249 e. The normalized spacial score (nSPS) is 17.9. The zero-order valence-corrected chi connectivity index (χ0v) is 13.5. The van der Waals surface area contributed by atoms with Gasteiger partial charge in [0.15, 0.2) is 10.7 Å². The third-order valence-electron chi connectivity index (χ3n) is 3.46. The van der Waals surface area contributed by atoms with Crippen molar-refractivity contribution >= 4 is 32.4 Å². The Morgan fingerprint density at radius 2 is 2.00 bits per heavy atom. The molecule has 2 heterocycles. The molecular formula is C11H20N4O3S2. The Hall–Kier alpha value is -0.900. The summed E-state index contributed by atoms with van der Waals surface area (Å²) in [6.07, 6.45) is 1.98. The molecular weight excluding hydrogens is 300 g/mol. The molecule has 2 N–H and O–H groups in total. The Morgan fingerprint density at radius 3 is 2.50 bits per heavy atom. The van der Waals surface area contributed by atoms with Crippen LogP contribution in [0.4, 0.5) is 10.8 Å². The lowest BCUT2D eigenvalue weighted by Crippen LogP contribution is -2.37. The van der Waals surface area contributed by atoms with Crippen LogP contribution in [0.2, 0.25) is 0 Å². The lowest BCUT2D eigenvalue weighted by molar-refractivity contribution is 0.0819. The molecule has 1 aliphatic heterocycles. The largest absolute Gasteiger partial charge is 0.382 e. The Morgan fingerprint density at radius 1 is 1.40 bits per heavy atom.